The van der Waals surface area contributed by atoms with Gasteiger partial charge in [0.2, 0.25) is 15.9 Å². The zero-order valence-electron chi connectivity index (χ0n) is 16.5. The highest BCUT2D eigenvalue weighted by Crippen LogP contribution is 2.22. The molecule has 1 amide bonds. The second-order valence-corrected chi connectivity index (χ2v) is 9.15. The van der Waals surface area contributed by atoms with Crippen LogP contribution in [0.2, 0.25) is 5.02 Å². The lowest BCUT2D eigenvalue weighted by Gasteiger charge is -2.22. The van der Waals surface area contributed by atoms with Crippen molar-refractivity contribution in [3.05, 3.63) is 64.7 Å². The number of hydrogen-bond donors (Lipinski definition) is 1. The van der Waals surface area contributed by atoms with Crippen LogP contribution in [0.5, 0.6) is 0 Å². The van der Waals surface area contributed by atoms with Gasteiger partial charge < -0.3 is 5.32 Å². The number of rotatable bonds is 9. The Labute approximate surface area is 172 Å². The minimum atomic E-state index is -3.46. The molecule has 0 radical (unpaired) electrons. The van der Waals surface area contributed by atoms with Gasteiger partial charge in [0.1, 0.15) is 0 Å². The average Bonchev–Trinajstić information content (AvgIpc) is 2.64. The van der Waals surface area contributed by atoms with E-state index in [4.69, 9.17) is 11.6 Å². The van der Waals surface area contributed by atoms with Gasteiger partial charge in [0.25, 0.3) is 0 Å². The third-order valence-corrected chi connectivity index (χ3v) is 5.96. The number of benzene rings is 2. The molecule has 0 saturated heterocycles. The van der Waals surface area contributed by atoms with E-state index in [9.17, 15) is 13.2 Å². The van der Waals surface area contributed by atoms with Crippen LogP contribution in [0.4, 0.5) is 5.69 Å². The quantitative estimate of drug-likeness (QED) is 0.654. The molecule has 7 heteroatoms. The summed E-state index contributed by atoms with van der Waals surface area (Å²) in [7, 11) is -3.46. The molecule has 2 aromatic rings. The Kier molecular flexibility index (Phi) is 7.89. The first-order valence-electron chi connectivity index (χ1n) is 9.32. The Bertz CT molecular complexity index is 898. The van der Waals surface area contributed by atoms with E-state index >= 15 is 0 Å². The lowest BCUT2D eigenvalue weighted by molar-refractivity contribution is -0.121. The van der Waals surface area contributed by atoms with Crippen molar-refractivity contribution < 1.29 is 13.2 Å². The van der Waals surface area contributed by atoms with Gasteiger partial charge in [-0.25, -0.2) is 8.42 Å². The number of carbonyl (C=O) groups excluding carboxylic acids is 1. The molecule has 0 saturated carbocycles. The van der Waals surface area contributed by atoms with Crippen molar-refractivity contribution in [2.45, 2.75) is 39.2 Å². The van der Waals surface area contributed by atoms with Gasteiger partial charge >= 0.3 is 0 Å². The van der Waals surface area contributed by atoms with E-state index in [1.165, 1.54) is 9.87 Å². The van der Waals surface area contributed by atoms with Crippen molar-refractivity contribution in [3.8, 4) is 0 Å². The standard InChI is InChI=1S/C21H27ClN2O3S/c1-4-17-10-12-18(13-11-17)16(2)23-21(25)9-6-14-24(28(3,26)27)20-8-5-7-19(22)15-20/h5,7-8,10-13,15-16H,4,6,9,14H2,1-3H3,(H,23,25)/t16-/m1/s1. The monoisotopic (exact) mass is 422 g/mol. The molecule has 0 aliphatic rings. The Balaban J connectivity index is 1.91. The first-order chi connectivity index (χ1) is 13.2. The molecule has 0 aromatic heterocycles. The number of aryl methyl sites for hydroxylation is 1. The molecule has 0 aliphatic heterocycles. The molecule has 0 bridgehead atoms. The summed E-state index contributed by atoms with van der Waals surface area (Å²) >= 11 is 5.97. The van der Waals surface area contributed by atoms with Crippen LogP contribution in [-0.2, 0) is 21.2 Å². The van der Waals surface area contributed by atoms with E-state index in [2.05, 4.69) is 24.4 Å². The number of halogens is 1. The summed E-state index contributed by atoms with van der Waals surface area (Å²) in [6, 6.07) is 14.8. The molecule has 0 fully saturated rings. The number of hydrogen-bond acceptors (Lipinski definition) is 3. The third-order valence-electron chi connectivity index (χ3n) is 4.53. The summed E-state index contributed by atoms with van der Waals surface area (Å²) < 4.78 is 25.5. The minimum absolute atomic E-state index is 0.0997. The largest absolute Gasteiger partial charge is 0.350 e. The first-order valence-corrected chi connectivity index (χ1v) is 11.5. The van der Waals surface area contributed by atoms with Crippen molar-refractivity contribution in [1.29, 1.82) is 0 Å². The van der Waals surface area contributed by atoms with Gasteiger partial charge in [0.15, 0.2) is 0 Å². The number of amides is 1. The molecule has 5 nitrogen and oxygen atoms in total. The molecular formula is C21H27ClN2O3S. The van der Waals surface area contributed by atoms with Crippen LogP contribution in [0.15, 0.2) is 48.5 Å². The highest BCUT2D eigenvalue weighted by atomic mass is 35.5. The topological polar surface area (TPSA) is 66.5 Å². The van der Waals surface area contributed by atoms with Crippen molar-refractivity contribution in [2.75, 3.05) is 17.1 Å². The highest BCUT2D eigenvalue weighted by molar-refractivity contribution is 7.92. The SMILES string of the molecule is CCc1ccc([C@@H](C)NC(=O)CCCN(c2cccc(Cl)c2)S(C)(=O)=O)cc1. The lowest BCUT2D eigenvalue weighted by atomic mass is 10.0. The number of sulfonamides is 1. The van der Waals surface area contributed by atoms with E-state index in [1.807, 2.05) is 19.1 Å². The van der Waals surface area contributed by atoms with Crippen LogP contribution < -0.4 is 9.62 Å². The van der Waals surface area contributed by atoms with Gasteiger partial charge in [0.05, 0.1) is 18.0 Å². The van der Waals surface area contributed by atoms with Gasteiger partial charge in [-0.1, -0.05) is 48.9 Å². The van der Waals surface area contributed by atoms with E-state index in [1.54, 1.807) is 24.3 Å². The van der Waals surface area contributed by atoms with Crippen LogP contribution in [0.25, 0.3) is 0 Å². The fourth-order valence-electron chi connectivity index (χ4n) is 2.94. The summed E-state index contributed by atoms with van der Waals surface area (Å²) in [5.41, 5.74) is 2.80. The summed E-state index contributed by atoms with van der Waals surface area (Å²) in [6.45, 7) is 4.25. The van der Waals surface area contributed by atoms with Crippen molar-refractivity contribution in [1.82, 2.24) is 5.32 Å². The number of nitrogens with one attached hydrogen (secondary N) is 1. The van der Waals surface area contributed by atoms with E-state index in [0.717, 1.165) is 18.2 Å². The Morgan fingerprint density at radius 3 is 2.43 bits per heavy atom. The maximum atomic E-state index is 12.3. The second-order valence-electron chi connectivity index (χ2n) is 6.80. The summed E-state index contributed by atoms with van der Waals surface area (Å²) in [6.07, 6.45) is 2.78. The summed E-state index contributed by atoms with van der Waals surface area (Å²) in [5.74, 6) is -0.105. The van der Waals surface area contributed by atoms with Crippen LogP contribution in [0.1, 0.15) is 43.9 Å². The Morgan fingerprint density at radius 2 is 1.86 bits per heavy atom. The van der Waals surface area contributed by atoms with Crippen LogP contribution in [0.3, 0.4) is 0 Å². The Morgan fingerprint density at radius 1 is 1.18 bits per heavy atom. The molecule has 0 aliphatic carbocycles. The zero-order chi connectivity index (χ0) is 20.7. The average molecular weight is 423 g/mol. The number of carbonyl (C=O) groups is 1. The van der Waals surface area contributed by atoms with Crippen molar-refractivity contribution in [3.63, 3.8) is 0 Å². The van der Waals surface area contributed by atoms with Gasteiger partial charge in [0, 0.05) is 18.0 Å². The van der Waals surface area contributed by atoms with Gasteiger partial charge in [-0.2, -0.15) is 0 Å². The Hall–Kier alpha value is -2.05. The molecule has 2 aromatic carbocycles. The highest BCUT2D eigenvalue weighted by Gasteiger charge is 2.18. The predicted octanol–water partition coefficient (Wildman–Crippen LogP) is 4.33. The summed E-state index contributed by atoms with van der Waals surface area (Å²) in [4.78, 5) is 12.3. The van der Waals surface area contributed by atoms with E-state index in [0.29, 0.717) is 17.1 Å². The molecule has 1 N–H and O–H groups in total. The van der Waals surface area contributed by atoms with Crippen molar-refractivity contribution >= 4 is 33.2 Å². The molecular weight excluding hydrogens is 396 g/mol. The van der Waals surface area contributed by atoms with Gasteiger partial charge in [-0.15, -0.1) is 0 Å². The van der Waals surface area contributed by atoms with Gasteiger partial charge in [-0.05, 0) is 49.1 Å². The molecule has 0 spiro atoms. The molecule has 28 heavy (non-hydrogen) atoms. The maximum Gasteiger partial charge on any atom is 0.232 e. The second kappa shape index (κ2) is 9.94. The molecule has 1 atom stereocenters. The summed E-state index contributed by atoms with van der Waals surface area (Å²) in [5, 5.41) is 3.43. The van der Waals surface area contributed by atoms with Crippen molar-refractivity contribution in [2.24, 2.45) is 0 Å². The van der Waals surface area contributed by atoms with E-state index < -0.39 is 10.0 Å². The minimum Gasteiger partial charge on any atom is -0.350 e. The van der Waals surface area contributed by atoms with Crippen LogP contribution in [-0.4, -0.2) is 27.1 Å². The number of anilines is 1. The molecule has 152 valence electrons. The first kappa shape index (κ1) is 22.2. The molecule has 0 unspecified atom stereocenters. The fraction of sp³-hybridized carbons (Fsp3) is 0.381. The molecule has 0 heterocycles. The van der Waals surface area contributed by atoms with E-state index in [-0.39, 0.29) is 24.9 Å². The van der Waals surface area contributed by atoms with Crippen LogP contribution in [0, 0.1) is 0 Å². The smallest absolute Gasteiger partial charge is 0.232 e. The normalized spacial score (nSPS) is 12.4. The van der Waals surface area contributed by atoms with Crippen LogP contribution >= 0.6 is 11.6 Å². The predicted molar refractivity (Wildman–Crippen MR) is 115 cm³/mol. The lowest BCUT2D eigenvalue weighted by Crippen LogP contribution is -2.32. The molecule has 2 rings (SSSR count). The third kappa shape index (κ3) is 6.53. The number of nitrogens with zero attached hydrogens (tertiary/aromatic N) is 1. The zero-order valence-corrected chi connectivity index (χ0v) is 18.1. The maximum absolute atomic E-state index is 12.3. The van der Waals surface area contributed by atoms with Gasteiger partial charge in [-0.3, -0.25) is 9.10 Å². The fourth-order valence-corrected chi connectivity index (χ4v) is 4.08.